The highest BCUT2D eigenvalue weighted by molar-refractivity contribution is 7.99. The van der Waals surface area contributed by atoms with Gasteiger partial charge in [0, 0.05) is 18.3 Å². The third-order valence-electron chi connectivity index (χ3n) is 3.56. The molecule has 100 valence electrons. The summed E-state index contributed by atoms with van der Waals surface area (Å²) in [6.45, 7) is 2.90. The third-order valence-corrected chi connectivity index (χ3v) is 5.00. The largest absolute Gasteiger partial charge is 0.370 e. The van der Waals surface area contributed by atoms with E-state index < -0.39 is 0 Å². The van der Waals surface area contributed by atoms with Gasteiger partial charge in [-0.3, -0.25) is 0 Å². The fraction of sp³-hybridized carbons (Fsp3) is 0.571. The minimum atomic E-state index is 0.675. The maximum atomic E-state index is 6.38. The van der Waals surface area contributed by atoms with Crippen molar-refractivity contribution in [2.75, 3.05) is 30.8 Å². The highest BCUT2D eigenvalue weighted by Gasteiger charge is 2.19. The Labute approximate surface area is 119 Å². The third kappa shape index (κ3) is 3.34. The Morgan fingerprint density at radius 2 is 2.11 bits per heavy atom. The van der Waals surface area contributed by atoms with Gasteiger partial charge in [0.1, 0.15) is 0 Å². The van der Waals surface area contributed by atoms with Crippen molar-refractivity contribution >= 4 is 29.1 Å². The first-order valence-corrected chi connectivity index (χ1v) is 8.17. The predicted octanol–water partition coefficient (Wildman–Crippen LogP) is 3.17. The van der Waals surface area contributed by atoms with Crippen molar-refractivity contribution in [2.45, 2.75) is 24.5 Å². The van der Waals surface area contributed by atoms with Crippen molar-refractivity contribution in [2.24, 2.45) is 5.73 Å². The van der Waals surface area contributed by atoms with Crippen LogP contribution in [0.15, 0.2) is 18.2 Å². The summed E-state index contributed by atoms with van der Waals surface area (Å²) in [7, 11) is 0. The van der Waals surface area contributed by atoms with Crippen molar-refractivity contribution in [1.29, 1.82) is 0 Å². The van der Waals surface area contributed by atoms with Gasteiger partial charge in [0.2, 0.25) is 0 Å². The molecule has 1 saturated heterocycles. The van der Waals surface area contributed by atoms with E-state index in [0.29, 0.717) is 6.54 Å². The molecular formula is C14H21ClN2S. The van der Waals surface area contributed by atoms with Crippen molar-refractivity contribution in [3.63, 3.8) is 0 Å². The van der Waals surface area contributed by atoms with Gasteiger partial charge in [0.05, 0.1) is 10.7 Å². The maximum absolute atomic E-state index is 6.38. The Bertz CT molecular complexity index is 389. The summed E-state index contributed by atoms with van der Waals surface area (Å²) >= 11 is 8.36. The summed E-state index contributed by atoms with van der Waals surface area (Å²) in [6.07, 6.45) is 5.60. The Morgan fingerprint density at radius 3 is 2.67 bits per heavy atom. The van der Waals surface area contributed by atoms with Crippen LogP contribution in [0.4, 0.5) is 5.69 Å². The molecular weight excluding hydrogens is 264 g/mol. The number of hydrogen-bond acceptors (Lipinski definition) is 3. The number of benzene rings is 1. The Balaban J connectivity index is 2.05. The minimum Gasteiger partial charge on any atom is -0.370 e. The average Bonchev–Trinajstić information content (AvgIpc) is 2.40. The highest BCUT2D eigenvalue weighted by atomic mass is 35.5. The number of rotatable bonds is 4. The normalized spacial score (nSPS) is 17.2. The molecule has 0 unspecified atom stereocenters. The second kappa shape index (κ2) is 6.69. The fourth-order valence-corrected chi connectivity index (χ4v) is 3.47. The standard InChI is InChI=1S/C14H21ClN2S/c1-18-12-5-8-17(9-6-12)14-3-2-11(4-7-16)10-13(14)15/h2-3,10,12H,4-9,16H2,1H3. The van der Waals surface area contributed by atoms with Crippen molar-refractivity contribution in [3.8, 4) is 0 Å². The summed E-state index contributed by atoms with van der Waals surface area (Å²) in [5.41, 5.74) is 7.97. The van der Waals surface area contributed by atoms with Crippen LogP contribution >= 0.6 is 23.4 Å². The van der Waals surface area contributed by atoms with Gasteiger partial charge in [0.25, 0.3) is 0 Å². The van der Waals surface area contributed by atoms with Gasteiger partial charge >= 0.3 is 0 Å². The lowest BCUT2D eigenvalue weighted by Crippen LogP contribution is -2.34. The van der Waals surface area contributed by atoms with E-state index in [1.165, 1.54) is 24.1 Å². The van der Waals surface area contributed by atoms with E-state index in [2.05, 4.69) is 29.4 Å². The zero-order valence-electron chi connectivity index (χ0n) is 10.9. The van der Waals surface area contributed by atoms with Gasteiger partial charge in [-0.05, 0) is 49.8 Å². The second-order valence-electron chi connectivity index (χ2n) is 4.75. The Hall–Kier alpha value is -0.380. The van der Waals surface area contributed by atoms with Crippen LogP contribution in [0.5, 0.6) is 0 Å². The molecule has 1 aromatic rings. The van der Waals surface area contributed by atoms with Crippen molar-refractivity contribution in [1.82, 2.24) is 0 Å². The SMILES string of the molecule is CSC1CCN(c2ccc(CCN)cc2Cl)CC1. The van der Waals surface area contributed by atoms with Crippen molar-refractivity contribution in [3.05, 3.63) is 28.8 Å². The lowest BCUT2D eigenvalue weighted by molar-refractivity contribution is 0.592. The van der Waals surface area contributed by atoms with Gasteiger partial charge < -0.3 is 10.6 Å². The molecule has 1 aliphatic rings. The average molecular weight is 285 g/mol. The van der Waals surface area contributed by atoms with Crippen LogP contribution in [0.2, 0.25) is 5.02 Å². The van der Waals surface area contributed by atoms with E-state index in [9.17, 15) is 0 Å². The molecule has 0 spiro atoms. The molecule has 1 fully saturated rings. The molecule has 1 heterocycles. The number of anilines is 1. The number of nitrogens with two attached hydrogens (primary N) is 1. The van der Waals surface area contributed by atoms with E-state index in [1.54, 1.807) is 0 Å². The summed E-state index contributed by atoms with van der Waals surface area (Å²) in [5, 5.41) is 1.68. The Morgan fingerprint density at radius 1 is 1.39 bits per heavy atom. The first-order chi connectivity index (χ1) is 8.74. The van der Waals surface area contributed by atoms with E-state index in [4.69, 9.17) is 17.3 Å². The van der Waals surface area contributed by atoms with Gasteiger partial charge in [0.15, 0.2) is 0 Å². The lowest BCUT2D eigenvalue weighted by atomic mass is 10.1. The molecule has 0 radical (unpaired) electrons. The molecule has 18 heavy (non-hydrogen) atoms. The molecule has 1 aliphatic heterocycles. The molecule has 2 rings (SSSR count). The van der Waals surface area contributed by atoms with Crippen LogP contribution in [0.3, 0.4) is 0 Å². The van der Waals surface area contributed by atoms with E-state index >= 15 is 0 Å². The molecule has 4 heteroatoms. The minimum absolute atomic E-state index is 0.675. The molecule has 1 aromatic carbocycles. The molecule has 0 bridgehead atoms. The molecule has 0 saturated carbocycles. The summed E-state index contributed by atoms with van der Waals surface area (Å²) in [6, 6.07) is 6.35. The van der Waals surface area contributed by atoms with Crippen LogP contribution in [0.1, 0.15) is 18.4 Å². The zero-order valence-corrected chi connectivity index (χ0v) is 12.4. The monoisotopic (exact) mass is 284 g/mol. The number of piperidine rings is 1. The second-order valence-corrected chi connectivity index (χ2v) is 6.29. The maximum Gasteiger partial charge on any atom is 0.0642 e. The predicted molar refractivity (Wildman–Crippen MR) is 83.0 cm³/mol. The molecule has 2 N–H and O–H groups in total. The number of hydrogen-bond donors (Lipinski definition) is 1. The number of thioether (sulfide) groups is 1. The van der Waals surface area contributed by atoms with Crippen molar-refractivity contribution < 1.29 is 0 Å². The van der Waals surface area contributed by atoms with E-state index in [1.807, 2.05) is 11.8 Å². The smallest absolute Gasteiger partial charge is 0.0642 e. The quantitative estimate of drug-likeness (QED) is 0.921. The van der Waals surface area contributed by atoms with Crippen LogP contribution in [-0.2, 0) is 6.42 Å². The van der Waals surface area contributed by atoms with E-state index in [-0.39, 0.29) is 0 Å². The van der Waals surface area contributed by atoms with Crippen LogP contribution in [-0.4, -0.2) is 31.1 Å². The van der Waals surface area contributed by atoms with Gasteiger partial charge in [-0.25, -0.2) is 0 Å². The number of nitrogens with zero attached hydrogens (tertiary/aromatic N) is 1. The molecule has 0 aliphatic carbocycles. The molecule has 0 aromatic heterocycles. The number of halogens is 1. The fourth-order valence-electron chi connectivity index (χ4n) is 2.46. The van der Waals surface area contributed by atoms with Gasteiger partial charge in [-0.2, -0.15) is 11.8 Å². The molecule has 0 amide bonds. The zero-order chi connectivity index (χ0) is 13.0. The molecule has 2 nitrogen and oxygen atoms in total. The van der Waals surface area contributed by atoms with Crippen LogP contribution in [0, 0.1) is 0 Å². The topological polar surface area (TPSA) is 29.3 Å². The lowest BCUT2D eigenvalue weighted by Gasteiger charge is -2.33. The van der Waals surface area contributed by atoms with Gasteiger partial charge in [-0.15, -0.1) is 0 Å². The summed E-state index contributed by atoms with van der Waals surface area (Å²) in [4.78, 5) is 2.40. The highest BCUT2D eigenvalue weighted by Crippen LogP contribution is 2.31. The van der Waals surface area contributed by atoms with Gasteiger partial charge in [-0.1, -0.05) is 17.7 Å². The van der Waals surface area contributed by atoms with E-state index in [0.717, 1.165) is 29.8 Å². The Kier molecular flexibility index (Phi) is 5.22. The summed E-state index contributed by atoms with van der Waals surface area (Å²) < 4.78 is 0. The first-order valence-electron chi connectivity index (χ1n) is 6.51. The van der Waals surface area contributed by atoms with Crippen LogP contribution < -0.4 is 10.6 Å². The van der Waals surface area contributed by atoms with Crippen LogP contribution in [0.25, 0.3) is 0 Å². The first kappa shape index (κ1) is 14.0. The summed E-state index contributed by atoms with van der Waals surface area (Å²) in [5.74, 6) is 0. The molecule has 0 atom stereocenters.